The molecule has 1 atom stereocenters. The SMILES string of the molecule is O=[N+]([O-])c1ccc(CN=C(NCCc2ccccc2)NCC2CCCO2)cc1. The van der Waals surface area contributed by atoms with Crippen LogP contribution in [0.5, 0.6) is 0 Å². The maximum absolute atomic E-state index is 10.8. The van der Waals surface area contributed by atoms with E-state index in [2.05, 4.69) is 27.8 Å². The first kappa shape index (κ1) is 19.8. The van der Waals surface area contributed by atoms with Crippen LogP contribution in [0.2, 0.25) is 0 Å². The Morgan fingerprint density at radius 3 is 2.57 bits per heavy atom. The Labute approximate surface area is 165 Å². The maximum Gasteiger partial charge on any atom is 0.269 e. The lowest BCUT2D eigenvalue weighted by Gasteiger charge is -2.15. The predicted molar refractivity (Wildman–Crippen MR) is 109 cm³/mol. The molecule has 2 N–H and O–H groups in total. The molecule has 0 saturated carbocycles. The van der Waals surface area contributed by atoms with Crippen LogP contribution < -0.4 is 10.6 Å². The lowest BCUT2D eigenvalue weighted by atomic mass is 10.1. The minimum absolute atomic E-state index is 0.0884. The van der Waals surface area contributed by atoms with Crippen LogP contribution in [0.15, 0.2) is 59.6 Å². The summed E-state index contributed by atoms with van der Waals surface area (Å²) in [6.45, 7) is 2.76. The molecule has 1 aliphatic heterocycles. The van der Waals surface area contributed by atoms with E-state index in [0.29, 0.717) is 6.54 Å². The van der Waals surface area contributed by atoms with Crippen LogP contribution in [0.25, 0.3) is 0 Å². The molecule has 1 aliphatic rings. The molecular weight excluding hydrogens is 356 g/mol. The van der Waals surface area contributed by atoms with E-state index in [4.69, 9.17) is 4.74 Å². The van der Waals surface area contributed by atoms with E-state index in [1.165, 1.54) is 17.7 Å². The summed E-state index contributed by atoms with van der Waals surface area (Å²) in [7, 11) is 0. The van der Waals surface area contributed by atoms with Crippen LogP contribution >= 0.6 is 0 Å². The highest BCUT2D eigenvalue weighted by atomic mass is 16.6. The predicted octanol–water partition coefficient (Wildman–Crippen LogP) is 3.05. The molecule has 3 rings (SSSR count). The highest BCUT2D eigenvalue weighted by Gasteiger charge is 2.15. The molecule has 1 fully saturated rings. The fourth-order valence-corrected chi connectivity index (χ4v) is 3.05. The Balaban J connectivity index is 1.56. The van der Waals surface area contributed by atoms with Gasteiger partial charge in [-0.15, -0.1) is 0 Å². The standard InChI is InChI=1S/C21H26N4O3/c26-25(27)19-10-8-18(9-11-19)15-23-21(24-16-20-7-4-14-28-20)22-13-12-17-5-2-1-3-6-17/h1-3,5-6,8-11,20H,4,7,12-16H2,(H2,22,23,24). The molecule has 1 heterocycles. The number of ether oxygens (including phenoxy) is 1. The Hall–Kier alpha value is -2.93. The third-order valence-corrected chi connectivity index (χ3v) is 4.64. The summed E-state index contributed by atoms with van der Waals surface area (Å²) in [5.41, 5.74) is 2.28. The van der Waals surface area contributed by atoms with Gasteiger partial charge in [0.1, 0.15) is 0 Å². The zero-order valence-corrected chi connectivity index (χ0v) is 15.8. The largest absolute Gasteiger partial charge is 0.376 e. The van der Waals surface area contributed by atoms with E-state index in [1.807, 2.05) is 18.2 Å². The summed E-state index contributed by atoms with van der Waals surface area (Å²) >= 11 is 0. The molecule has 2 aromatic rings. The minimum atomic E-state index is -0.396. The lowest BCUT2D eigenvalue weighted by molar-refractivity contribution is -0.384. The quantitative estimate of drug-likeness (QED) is 0.317. The molecule has 7 nitrogen and oxygen atoms in total. The summed E-state index contributed by atoms with van der Waals surface area (Å²) in [6, 6.07) is 16.8. The van der Waals surface area contributed by atoms with Crippen molar-refractivity contribution in [1.82, 2.24) is 10.6 Å². The number of guanidine groups is 1. The Morgan fingerprint density at radius 1 is 1.11 bits per heavy atom. The summed E-state index contributed by atoms with van der Waals surface area (Å²) in [5, 5.41) is 17.5. The van der Waals surface area contributed by atoms with E-state index < -0.39 is 4.92 Å². The van der Waals surface area contributed by atoms with Gasteiger partial charge < -0.3 is 15.4 Å². The first-order valence-corrected chi connectivity index (χ1v) is 9.62. The molecule has 2 aromatic carbocycles. The van der Waals surface area contributed by atoms with Crippen LogP contribution in [0.4, 0.5) is 5.69 Å². The molecule has 1 saturated heterocycles. The molecule has 0 spiro atoms. The van der Waals surface area contributed by atoms with Crippen molar-refractivity contribution in [3.8, 4) is 0 Å². The topological polar surface area (TPSA) is 88.8 Å². The van der Waals surface area contributed by atoms with Gasteiger partial charge in [0, 0.05) is 31.8 Å². The van der Waals surface area contributed by atoms with Crippen molar-refractivity contribution >= 4 is 11.6 Å². The fourth-order valence-electron chi connectivity index (χ4n) is 3.05. The average Bonchev–Trinajstić information content (AvgIpc) is 3.24. The van der Waals surface area contributed by atoms with Gasteiger partial charge in [-0.3, -0.25) is 10.1 Å². The minimum Gasteiger partial charge on any atom is -0.376 e. The lowest BCUT2D eigenvalue weighted by Crippen LogP contribution is -2.41. The molecule has 0 aromatic heterocycles. The second-order valence-corrected chi connectivity index (χ2v) is 6.77. The Morgan fingerprint density at radius 2 is 1.89 bits per heavy atom. The maximum atomic E-state index is 10.8. The van der Waals surface area contributed by atoms with Crippen molar-refractivity contribution in [3.63, 3.8) is 0 Å². The number of aliphatic imine (C=N–C) groups is 1. The van der Waals surface area contributed by atoms with Gasteiger partial charge in [0.15, 0.2) is 5.96 Å². The van der Waals surface area contributed by atoms with Crippen LogP contribution in [-0.4, -0.2) is 36.7 Å². The molecule has 0 bridgehead atoms. The average molecular weight is 382 g/mol. The highest BCUT2D eigenvalue weighted by Crippen LogP contribution is 2.13. The van der Waals surface area contributed by atoms with E-state index in [-0.39, 0.29) is 11.8 Å². The first-order chi connectivity index (χ1) is 13.7. The van der Waals surface area contributed by atoms with Gasteiger partial charge >= 0.3 is 0 Å². The number of benzene rings is 2. The summed E-state index contributed by atoms with van der Waals surface area (Å²) in [6.07, 6.45) is 3.29. The third kappa shape index (κ3) is 6.35. The van der Waals surface area contributed by atoms with Crippen molar-refractivity contribution in [3.05, 3.63) is 75.8 Å². The van der Waals surface area contributed by atoms with Crippen molar-refractivity contribution < 1.29 is 9.66 Å². The summed E-state index contributed by atoms with van der Waals surface area (Å²) in [4.78, 5) is 15.0. The second kappa shape index (κ2) is 10.4. The van der Waals surface area contributed by atoms with Gasteiger partial charge in [-0.25, -0.2) is 4.99 Å². The van der Waals surface area contributed by atoms with Crippen molar-refractivity contribution in [1.29, 1.82) is 0 Å². The number of non-ortho nitro benzene ring substituents is 1. The summed E-state index contributed by atoms with van der Waals surface area (Å²) < 4.78 is 5.67. The number of nitrogens with one attached hydrogen (secondary N) is 2. The number of rotatable bonds is 8. The number of nitrogens with zero attached hydrogens (tertiary/aromatic N) is 2. The van der Waals surface area contributed by atoms with Gasteiger partial charge in [-0.05, 0) is 30.4 Å². The normalized spacial score (nSPS) is 16.7. The smallest absolute Gasteiger partial charge is 0.269 e. The molecule has 0 aliphatic carbocycles. The van der Waals surface area contributed by atoms with E-state index >= 15 is 0 Å². The van der Waals surface area contributed by atoms with E-state index in [1.54, 1.807) is 12.1 Å². The molecule has 0 amide bonds. The highest BCUT2D eigenvalue weighted by molar-refractivity contribution is 5.79. The van der Waals surface area contributed by atoms with Gasteiger partial charge in [0.05, 0.1) is 17.6 Å². The molecule has 0 radical (unpaired) electrons. The van der Waals surface area contributed by atoms with Gasteiger partial charge in [-0.2, -0.15) is 0 Å². The molecular formula is C21H26N4O3. The second-order valence-electron chi connectivity index (χ2n) is 6.77. The zero-order valence-electron chi connectivity index (χ0n) is 15.8. The van der Waals surface area contributed by atoms with Gasteiger partial charge in [0.2, 0.25) is 0 Å². The number of nitro benzene ring substituents is 1. The van der Waals surface area contributed by atoms with Crippen LogP contribution in [-0.2, 0) is 17.7 Å². The third-order valence-electron chi connectivity index (χ3n) is 4.64. The number of hydrogen-bond acceptors (Lipinski definition) is 4. The van der Waals surface area contributed by atoms with Crippen molar-refractivity contribution in [2.45, 2.75) is 31.9 Å². The molecule has 28 heavy (non-hydrogen) atoms. The van der Waals surface area contributed by atoms with Crippen LogP contribution in [0.1, 0.15) is 24.0 Å². The monoisotopic (exact) mass is 382 g/mol. The summed E-state index contributed by atoms with van der Waals surface area (Å²) in [5.74, 6) is 0.727. The van der Waals surface area contributed by atoms with Crippen LogP contribution in [0.3, 0.4) is 0 Å². The molecule has 1 unspecified atom stereocenters. The Kier molecular flexibility index (Phi) is 7.37. The number of hydrogen-bond donors (Lipinski definition) is 2. The van der Waals surface area contributed by atoms with E-state index in [0.717, 1.165) is 50.5 Å². The van der Waals surface area contributed by atoms with Crippen LogP contribution in [0, 0.1) is 10.1 Å². The van der Waals surface area contributed by atoms with Crippen molar-refractivity contribution in [2.24, 2.45) is 4.99 Å². The van der Waals surface area contributed by atoms with Crippen molar-refractivity contribution in [2.75, 3.05) is 19.7 Å². The fraction of sp³-hybridized carbons (Fsp3) is 0.381. The van der Waals surface area contributed by atoms with Gasteiger partial charge in [0.25, 0.3) is 5.69 Å². The zero-order chi connectivity index (χ0) is 19.6. The number of nitro groups is 1. The molecule has 7 heteroatoms. The Bertz CT molecular complexity index is 772. The van der Waals surface area contributed by atoms with Gasteiger partial charge in [-0.1, -0.05) is 42.5 Å². The van der Waals surface area contributed by atoms with E-state index in [9.17, 15) is 10.1 Å². The first-order valence-electron chi connectivity index (χ1n) is 9.62. The molecule has 148 valence electrons.